The summed E-state index contributed by atoms with van der Waals surface area (Å²) in [7, 11) is 2.79. The number of carbonyl (C=O) groups is 2. The van der Waals surface area contributed by atoms with Gasteiger partial charge in [0.25, 0.3) is 0 Å². The van der Waals surface area contributed by atoms with Crippen molar-refractivity contribution in [1.29, 1.82) is 0 Å². The molecule has 0 aliphatic heterocycles. The molecule has 2 rings (SSSR count). The number of methoxy groups -OCH3 is 2. The Bertz CT molecular complexity index is 914. The minimum absolute atomic E-state index is 0.0732. The number of carbonyl (C=O) groups excluding carboxylic acids is 2. The summed E-state index contributed by atoms with van der Waals surface area (Å²) in [5.41, 5.74) is 6.16. The van der Waals surface area contributed by atoms with E-state index in [0.717, 1.165) is 5.56 Å². The first-order valence-electron chi connectivity index (χ1n) is 9.76. The van der Waals surface area contributed by atoms with E-state index < -0.39 is 18.1 Å². The van der Waals surface area contributed by atoms with Crippen molar-refractivity contribution in [3.63, 3.8) is 0 Å². The van der Waals surface area contributed by atoms with Crippen molar-refractivity contribution in [2.24, 2.45) is 10.9 Å². The predicted molar refractivity (Wildman–Crippen MR) is 116 cm³/mol. The van der Waals surface area contributed by atoms with Crippen LogP contribution < -0.4 is 19.9 Å². The Kier molecular flexibility index (Phi) is 9.15. The Morgan fingerprint density at radius 2 is 1.62 bits per heavy atom. The third-order valence-corrected chi connectivity index (χ3v) is 4.61. The van der Waals surface area contributed by atoms with Crippen molar-refractivity contribution in [3.8, 4) is 17.2 Å². The molecule has 2 aromatic rings. The first-order valence-corrected chi connectivity index (χ1v) is 9.76. The van der Waals surface area contributed by atoms with Gasteiger partial charge in [0.15, 0.2) is 0 Å². The second-order valence-corrected chi connectivity index (χ2v) is 6.68. The Morgan fingerprint density at radius 1 is 1.03 bits per heavy atom. The molecule has 10 nitrogen and oxygen atoms in total. The number of ether oxygens (including phenoxy) is 4. The van der Waals surface area contributed by atoms with E-state index in [0.29, 0.717) is 17.2 Å². The maximum absolute atomic E-state index is 12.8. The number of amides is 1. The highest BCUT2D eigenvalue weighted by Crippen LogP contribution is 2.25. The van der Waals surface area contributed by atoms with Gasteiger partial charge in [0, 0.05) is 6.42 Å². The second kappa shape index (κ2) is 12.0. The molecule has 0 heterocycles. The van der Waals surface area contributed by atoms with Gasteiger partial charge >= 0.3 is 12.1 Å². The van der Waals surface area contributed by atoms with Crippen LogP contribution in [0.25, 0.3) is 0 Å². The summed E-state index contributed by atoms with van der Waals surface area (Å²) in [6.07, 6.45) is -0.425. The van der Waals surface area contributed by atoms with Crippen LogP contribution in [0.3, 0.4) is 0 Å². The normalized spacial score (nSPS) is 11.9. The van der Waals surface area contributed by atoms with Crippen molar-refractivity contribution in [1.82, 2.24) is 4.90 Å². The third-order valence-electron chi connectivity index (χ3n) is 4.61. The number of nitrogens with zero attached hydrogens (tertiary/aromatic N) is 2. The zero-order valence-electron chi connectivity index (χ0n) is 18.2. The zero-order valence-corrected chi connectivity index (χ0v) is 18.2. The standard InChI is InChI=1S/C22H27N3O7/c1-15(16-4-6-18(7-5-16)31-13-12-20(23)24-28)25(14-21(26)30-3)22(27)32-19-10-8-17(29-2)9-11-19/h4-11,15,28H,12-14H2,1-3H3,(H2,23,24). The fraction of sp³-hybridized carbons (Fsp3) is 0.318. The van der Waals surface area contributed by atoms with E-state index in [1.807, 2.05) is 0 Å². The molecule has 0 aliphatic carbocycles. The number of nitrogens with two attached hydrogens (primary N) is 1. The number of benzene rings is 2. The molecule has 0 radical (unpaired) electrons. The molecule has 0 aliphatic rings. The molecule has 0 aromatic heterocycles. The fourth-order valence-electron chi connectivity index (χ4n) is 2.71. The number of esters is 1. The van der Waals surface area contributed by atoms with Crippen LogP contribution in [0, 0.1) is 0 Å². The first-order chi connectivity index (χ1) is 15.4. The predicted octanol–water partition coefficient (Wildman–Crippen LogP) is 2.95. The van der Waals surface area contributed by atoms with E-state index in [2.05, 4.69) is 5.16 Å². The van der Waals surface area contributed by atoms with E-state index in [9.17, 15) is 9.59 Å². The molecule has 32 heavy (non-hydrogen) atoms. The van der Waals surface area contributed by atoms with Gasteiger partial charge in [-0.1, -0.05) is 17.3 Å². The number of hydrogen-bond acceptors (Lipinski definition) is 8. The van der Waals surface area contributed by atoms with Crippen LogP contribution >= 0.6 is 0 Å². The molecule has 2 aromatic carbocycles. The van der Waals surface area contributed by atoms with E-state index >= 15 is 0 Å². The van der Waals surface area contributed by atoms with Gasteiger partial charge < -0.3 is 29.9 Å². The lowest BCUT2D eigenvalue weighted by Crippen LogP contribution is -2.40. The van der Waals surface area contributed by atoms with Crippen LogP contribution in [-0.2, 0) is 9.53 Å². The van der Waals surface area contributed by atoms with Crippen molar-refractivity contribution in [2.75, 3.05) is 27.4 Å². The highest BCUT2D eigenvalue weighted by molar-refractivity contribution is 5.80. The van der Waals surface area contributed by atoms with Crippen LogP contribution in [0.15, 0.2) is 53.7 Å². The van der Waals surface area contributed by atoms with Crippen LogP contribution in [0.1, 0.15) is 24.9 Å². The molecule has 0 spiro atoms. The molecule has 0 saturated carbocycles. The van der Waals surface area contributed by atoms with Gasteiger partial charge in [0.2, 0.25) is 0 Å². The summed E-state index contributed by atoms with van der Waals surface area (Å²) in [6, 6.07) is 13.0. The lowest BCUT2D eigenvalue weighted by molar-refractivity contribution is -0.141. The molecule has 3 N–H and O–H groups in total. The summed E-state index contributed by atoms with van der Waals surface area (Å²) in [4.78, 5) is 26.0. The SMILES string of the molecule is COC(=O)CN(C(=O)Oc1ccc(OC)cc1)C(C)c1ccc(OCC/C(N)=N/O)cc1. The van der Waals surface area contributed by atoms with E-state index in [4.69, 9.17) is 29.9 Å². The van der Waals surface area contributed by atoms with Crippen LogP contribution in [0.5, 0.6) is 17.2 Å². The number of rotatable bonds is 10. The van der Waals surface area contributed by atoms with Crippen LogP contribution in [0.4, 0.5) is 4.79 Å². The van der Waals surface area contributed by atoms with E-state index in [-0.39, 0.29) is 25.4 Å². The highest BCUT2D eigenvalue weighted by Gasteiger charge is 2.26. The largest absolute Gasteiger partial charge is 0.497 e. The summed E-state index contributed by atoms with van der Waals surface area (Å²) < 4.78 is 20.8. The average molecular weight is 445 g/mol. The first kappa shape index (κ1) is 24.3. The summed E-state index contributed by atoms with van der Waals surface area (Å²) >= 11 is 0. The van der Waals surface area contributed by atoms with Gasteiger partial charge in [0.05, 0.1) is 26.9 Å². The molecule has 1 atom stereocenters. The molecule has 0 saturated heterocycles. The highest BCUT2D eigenvalue weighted by atomic mass is 16.6. The summed E-state index contributed by atoms with van der Waals surface area (Å²) in [5.74, 6) is 1.01. The average Bonchev–Trinajstić information content (AvgIpc) is 2.82. The molecular weight excluding hydrogens is 418 g/mol. The zero-order chi connectivity index (χ0) is 23.5. The fourth-order valence-corrected chi connectivity index (χ4v) is 2.71. The van der Waals surface area contributed by atoms with Crippen molar-refractivity contribution >= 4 is 17.9 Å². The van der Waals surface area contributed by atoms with Gasteiger partial charge in [0.1, 0.15) is 29.6 Å². The quantitative estimate of drug-likeness (QED) is 0.187. The van der Waals surface area contributed by atoms with Gasteiger partial charge in [-0.15, -0.1) is 0 Å². The monoisotopic (exact) mass is 445 g/mol. The Morgan fingerprint density at radius 3 is 2.19 bits per heavy atom. The maximum Gasteiger partial charge on any atom is 0.416 e. The second-order valence-electron chi connectivity index (χ2n) is 6.68. The minimum atomic E-state index is -0.702. The Hall–Kier alpha value is -3.95. The maximum atomic E-state index is 12.8. The van der Waals surface area contributed by atoms with Crippen molar-refractivity contribution in [2.45, 2.75) is 19.4 Å². The molecule has 0 bridgehead atoms. The minimum Gasteiger partial charge on any atom is -0.497 e. The van der Waals surface area contributed by atoms with Gasteiger partial charge in [-0.2, -0.15) is 0 Å². The van der Waals surface area contributed by atoms with Crippen LogP contribution in [-0.4, -0.2) is 55.4 Å². The van der Waals surface area contributed by atoms with E-state index in [1.165, 1.54) is 19.1 Å². The Balaban J connectivity index is 2.10. The topological polar surface area (TPSA) is 133 Å². The number of hydrogen-bond donors (Lipinski definition) is 2. The van der Waals surface area contributed by atoms with Crippen molar-refractivity contribution in [3.05, 3.63) is 54.1 Å². The molecule has 1 amide bonds. The van der Waals surface area contributed by atoms with Gasteiger partial charge in [-0.05, 0) is 48.9 Å². The third kappa shape index (κ3) is 7.08. The molecular formula is C22H27N3O7. The molecule has 0 fully saturated rings. The summed E-state index contributed by atoms with van der Waals surface area (Å²) in [6.45, 7) is 1.73. The van der Waals surface area contributed by atoms with Crippen LogP contribution in [0.2, 0.25) is 0 Å². The van der Waals surface area contributed by atoms with Gasteiger partial charge in [-0.25, -0.2) is 4.79 Å². The summed E-state index contributed by atoms with van der Waals surface area (Å²) in [5, 5.41) is 11.4. The van der Waals surface area contributed by atoms with Crippen molar-refractivity contribution < 1.29 is 33.7 Å². The molecule has 172 valence electrons. The number of oxime groups is 1. The smallest absolute Gasteiger partial charge is 0.416 e. The number of amidine groups is 1. The Labute approximate surface area is 186 Å². The lowest BCUT2D eigenvalue weighted by Gasteiger charge is -2.27. The van der Waals surface area contributed by atoms with E-state index in [1.54, 1.807) is 55.5 Å². The lowest BCUT2D eigenvalue weighted by atomic mass is 10.1. The molecule has 1 unspecified atom stereocenters. The van der Waals surface area contributed by atoms with Gasteiger partial charge in [-0.3, -0.25) is 9.69 Å². The molecule has 10 heteroatoms.